The summed E-state index contributed by atoms with van der Waals surface area (Å²) >= 11 is 2.14. The minimum Gasteiger partial charge on any atom is -0.494 e. The molecule has 0 fully saturated rings. The molecule has 0 aliphatic carbocycles. The predicted octanol–water partition coefficient (Wildman–Crippen LogP) is 1.82. The number of nitrogens with one attached hydrogen (secondary N) is 1. The number of H-pyrrole nitrogens is 1. The summed E-state index contributed by atoms with van der Waals surface area (Å²) in [7, 11) is 0. The lowest BCUT2D eigenvalue weighted by atomic mass is 10.2. The molecule has 0 atom stereocenters. The Hall–Kier alpha value is -2.42. The van der Waals surface area contributed by atoms with Crippen molar-refractivity contribution >= 4 is 34.9 Å². The summed E-state index contributed by atoms with van der Waals surface area (Å²) in [5.41, 5.74) is -0.390. The number of aromatic amines is 1. The Kier molecular flexibility index (Phi) is 3.80. The predicted molar refractivity (Wildman–Crippen MR) is 92.7 cm³/mol. The number of rotatable bonds is 2. The second-order valence-electron chi connectivity index (χ2n) is 4.51. The third-order valence-corrected chi connectivity index (χ3v) is 3.79. The second kappa shape index (κ2) is 5.76. The van der Waals surface area contributed by atoms with Gasteiger partial charge in [0.25, 0.3) is 5.56 Å². The van der Waals surface area contributed by atoms with Gasteiger partial charge < -0.3 is 5.11 Å². The van der Waals surface area contributed by atoms with Crippen molar-refractivity contribution in [1.82, 2.24) is 9.55 Å². The highest BCUT2D eigenvalue weighted by Crippen LogP contribution is 2.20. The SMILES string of the molecule is O=c1[nH]c(=O)n(-c2ccc(I)cc2)c(O)c1C=C1C=CC=N1. The Morgan fingerprint density at radius 3 is 2.59 bits per heavy atom. The first-order valence-electron chi connectivity index (χ1n) is 6.33. The molecule has 110 valence electrons. The molecule has 6 nitrogen and oxygen atoms in total. The van der Waals surface area contributed by atoms with Gasteiger partial charge in [-0.3, -0.25) is 14.8 Å². The number of aromatic hydroxyl groups is 1. The molecule has 1 aromatic heterocycles. The largest absolute Gasteiger partial charge is 0.494 e. The molecule has 7 heteroatoms. The number of aromatic nitrogens is 2. The molecule has 2 N–H and O–H groups in total. The van der Waals surface area contributed by atoms with E-state index in [0.717, 1.165) is 8.14 Å². The molecule has 1 aliphatic heterocycles. The van der Waals surface area contributed by atoms with Crippen LogP contribution in [-0.4, -0.2) is 20.9 Å². The smallest absolute Gasteiger partial charge is 0.335 e. The Bertz CT molecular complexity index is 920. The average Bonchev–Trinajstić information content (AvgIpc) is 2.98. The van der Waals surface area contributed by atoms with Crippen molar-refractivity contribution in [2.24, 2.45) is 4.99 Å². The number of benzene rings is 1. The Balaban J connectivity index is 2.24. The summed E-state index contributed by atoms with van der Waals surface area (Å²) in [5, 5.41) is 10.4. The highest BCUT2D eigenvalue weighted by molar-refractivity contribution is 14.1. The minimum absolute atomic E-state index is 0.0168. The monoisotopic (exact) mass is 407 g/mol. The summed E-state index contributed by atoms with van der Waals surface area (Å²) in [4.78, 5) is 30.2. The summed E-state index contributed by atoms with van der Waals surface area (Å²) in [6.07, 6.45) is 6.41. The van der Waals surface area contributed by atoms with Crippen LogP contribution >= 0.6 is 22.6 Å². The third kappa shape index (κ3) is 2.67. The quantitative estimate of drug-likeness (QED) is 0.745. The minimum atomic E-state index is -0.698. The fourth-order valence-corrected chi connectivity index (χ4v) is 2.40. The van der Waals surface area contributed by atoms with E-state index in [1.165, 1.54) is 6.08 Å². The van der Waals surface area contributed by atoms with Crippen LogP contribution in [0, 0.1) is 3.57 Å². The van der Waals surface area contributed by atoms with E-state index >= 15 is 0 Å². The normalized spacial score (nSPS) is 14.9. The van der Waals surface area contributed by atoms with Crippen LogP contribution in [0.5, 0.6) is 5.88 Å². The highest BCUT2D eigenvalue weighted by atomic mass is 127. The molecule has 0 spiro atoms. The van der Waals surface area contributed by atoms with Gasteiger partial charge in [0.1, 0.15) is 5.56 Å². The Morgan fingerprint density at radius 1 is 1.23 bits per heavy atom. The molecular formula is C15H10IN3O3. The van der Waals surface area contributed by atoms with Crippen LogP contribution in [0.3, 0.4) is 0 Å². The number of allylic oxidation sites excluding steroid dienone is 2. The van der Waals surface area contributed by atoms with Crippen molar-refractivity contribution < 1.29 is 5.11 Å². The molecule has 1 aliphatic rings. The van der Waals surface area contributed by atoms with Gasteiger partial charge in [0.2, 0.25) is 5.88 Å². The van der Waals surface area contributed by atoms with Gasteiger partial charge in [-0.15, -0.1) is 0 Å². The molecule has 2 aromatic rings. The number of hydrogen-bond donors (Lipinski definition) is 2. The number of halogens is 1. The number of aliphatic imine (C=N–C) groups is 1. The van der Waals surface area contributed by atoms with Gasteiger partial charge in [-0.2, -0.15) is 0 Å². The van der Waals surface area contributed by atoms with Crippen molar-refractivity contribution in [2.75, 3.05) is 0 Å². The van der Waals surface area contributed by atoms with E-state index in [4.69, 9.17) is 0 Å². The molecule has 0 unspecified atom stereocenters. The van der Waals surface area contributed by atoms with Crippen LogP contribution < -0.4 is 11.2 Å². The van der Waals surface area contributed by atoms with Gasteiger partial charge in [-0.05, 0) is 65.1 Å². The maximum atomic E-state index is 12.0. The molecule has 0 bridgehead atoms. The average molecular weight is 407 g/mol. The Morgan fingerprint density at radius 2 is 1.95 bits per heavy atom. The number of hydrogen-bond acceptors (Lipinski definition) is 4. The van der Waals surface area contributed by atoms with Gasteiger partial charge in [0.15, 0.2) is 0 Å². The summed E-state index contributed by atoms with van der Waals surface area (Å²) in [6.45, 7) is 0. The zero-order chi connectivity index (χ0) is 15.7. The molecule has 0 radical (unpaired) electrons. The van der Waals surface area contributed by atoms with Crippen LogP contribution in [0.4, 0.5) is 0 Å². The zero-order valence-corrected chi connectivity index (χ0v) is 13.3. The van der Waals surface area contributed by atoms with E-state index in [0.29, 0.717) is 11.4 Å². The van der Waals surface area contributed by atoms with Gasteiger partial charge in [-0.1, -0.05) is 0 Å². The fraction of sp³-hybridized carbons (Fsp3) is 0. The third-order valence-electron chi connectivity index (χ3n) is 3.07. The van der Waals surface area contributed by atoms with Gasteiger partial charge in [-0.25, -0.2) is 9.36 Å². The molecule has 0 saturated carbocycles. The molecule has 0 amide bonds. The van der Waals surface area contributed by atoms with E-state index in [2.05, 4.69) is 32.6 Å². The number of nitrogens with zero attached hydrogens (tertiary/aromatic N) is 2. The van der Waals surface area contributed by atoms with E-state index in [-0.39, 0.29) is 5.56 Å². The van der Waals surface area contributed by atoms with E-state index in [1.54, 1.807) is 42.6 Å². The van der Waals surface area contributed by atoms with Crippen molar-refractivity contribution in [3.63, 3.8) is 0 Å². The van der Waals surface area contributed by atoms with Crippen LogP contribution in [-0.2, 0) is 0 Å². The lowest BCUT2D eigenvalue weighted by Gasteiger charge is -2.10. The van der Waals surface area contributed by atoms with E-state index < -0.39 is 17.1 Å². The summed E-state index contributed by atoms with van der Waals surface area (Å²) < 4.78 is 2.04. The van der Waals surface area contributed by atoms with Crippen LogP contribution in [0.2, 0.25) is 0 Å². The standard InChI is InChI=1S/C15H10IN3O3/c16-9-3-5-11(6-4-9)19-14(21)12(13(20)18-15(19)22)8-10-2-1-7-17-10/h1-8,21H,(H,18,20,22). The first-order chi connectivity index (χ1) is 10.6. The van der Waals surface area contributed by atoms with Gasteiger partial charge >= 0.3 is 5.69 Å². The lowest BCUT2D eigenvalue weighted by molar-refractivity contribution is 0.429. The van der Waals surface area contributed by atoms with Crippen LogP contribution in [0.15, 0.2) is 56.7 Å². The first kappa shape index (κ1) is 14.5. The van der Waals surface area contributed by atoms with Crippen molar-refractivity contribution in [3.8, 4) is 11.6 Å². The van der Waals surface area contributed by atoms with Crippen LogP contribution in [0.25, 0.3) is 11.8 Å². The maximum absolute atomic E-state index is 12.0. The van der Waals surface area contributed by atoms with Crippen LogP contribution in [0.1, 0.15) is 5.56 Å². The van der Waals surface area contributed by atoms with Crippen molar-refractivity contribution in [1.29, 1.82) is 0 Å². The lowest BCUT2D eigenvalue weighted by Crippen LogP contribution is -2.30. The second-order valence-corrected chi connectivity index (χ2v) is 5.76. The Labute approximate surface area is 138 Å². The molecule has 1 aromatic carbocycles. The van der Waals surface area contributed by atoms with E-state index in [9.17, 15) is 14.7 Å². The van der Waals surface area contributed by atoms with Gasteiger partial charge in [0.05, 0.1) is 11.4 Å². The van der Waals surface area contributed by atoms with Crippen molar-refractivity contribution in [2.45, 2.75) is 0 Å². The van der Waals surface area contributed by atoms with Gasteiger partial charge in [0, 0.05) is 9.78 Å². The zero-order valence-electron chi connectivity index (χ0n) is 11.2. The first-order valence-corrected chi connectivity index (χ1v) is 7.41. The summed E-state index contributed by atoms with van der Waals surface area (Å²) in [6, 6.07) is 6.97. The maximum Gasteiger partial charge on any atom is 0.335 e. The topological polar surface area (TPSA) is 87.5 Å². The molecule has 22 heavy (non-hydrogen) atoms. The molecule has 3 rings (SSSR count). The molecule has 0 saturated heterocycles. The van der Waals surface area contributed by atoms with Crippen molar-refractivity contribution in [3.05, 3.63) is 72.1 Å². The highest BCUT2D eigenvalue weighted by Gasteiger charge is 2.14. The summed E-state index contributed by atoms with van der Waals surface area (Å²) in [5.74, 6) is -0.419. The van der Waals surface area contributed by atoms with E-state index in [1.807, 2.05) is 0 Å². The molecular weight excluding hydrogens is 397 g/mol. The molecule has 2 heterocycles. The fourth-order valence-electron chi connectivity index (χ4n) is 2.05.